The molecule has 0 radical (unpaired) electrons. The number of ether oxygens (including phenoxy) is 1. The van der Waals surface area contributed by atoms with Crippen molar-refractivity contribution >= 4 is 5.97 Å². The van der Waals surface area contributed by atoms with Crippen LogP contribution in [0.1, 0.15) is 19.3 Å². The van der Waals surface area contributed by atoms with Crippen LogP contribution in [0.5, 0.6) is 0 Å². The number of methoxy groups -OCH3 is 1. The molecule has 4 nitrogen and oxygen atoms in total. The summed E-state index contributed by atoms with van der Waals surface area (Å²) in [6, 6.07) is 0.641. The molecule has 2 aliphatic heterocycles. The number of hydrogen-bond donors (Lipinski definition) is 0. The van der Waals surface area contributed by atoms with E-state index in [1.165, 1.54) is 20.0 Å². The second-order valence-electron chi connectivity index (χ2n) is 4.60. The third-order valence-corrected chi connectivity index (χ3v) is 3.69. The van der Waals surface area contributed by atoms with Crippen molar-refractivity contribution in [3.05, 3.63) is 0 Å². The summed E-state index contributed by atoms with van der Waals surface area (Å²) in [5, 5.41) is 0. The highest BCUT2D eigenvalue weighted by Gasteiger charge is 2.39. The molecule has 2 heterocycles. The molecule has 2 rings (SSSR count). The van der Waals surface area contributed by atoms with Crippen molar-refractivity contribution in [1.29, 1.82) is 0 Å². The molecule has 4 heteroatoms. The summed E-state index contributed by atoms with van der Waals surface area (Å²) in [4.78, 5) is 16.1. The fraction of sp³-hybridized carbons (Fsp3) is 0.909. The van der Waals surface area contributed by atoms with E-state index in [-0.39, 0.29) is 12.0 Å². The highest BCUT2D eigenvalue weighted by atomic mass is 16.5. The van der Waals surface area contributed by atoms with Crippen LogP contribution >= 0.6 is 0 Å². The van der Waals surface area contributed by atoms with Gasteiger partial charge in [0, 0.05) is 12.6 Å². The van der Waals surface area contributed by atoms with E-state index in [0.29, 0.717) is 6.04 Å². The third-order valence-electron chi connectivity index (χ3n) is 3.69. The molecule has 0 saturated carbocycles. The molecule has 15 heavy (non-hydrogen) atoms. The molecule has 0 bridgehead atoms. The Morgan fingerprint density at radius 2 is 1.87 bits per heavy atom. The van der Waals surface area contributed by atoms with E-state index in [2.05, 4.69) is 16.8 Å². The lowest BCUT2D eigenvalue weighted by atomic mass is 9.94. The molecule has 0 aromatic carbocycles. The van der Waals surface area contributed by atoms with E-state index in [0.717, 1.165) is 26.1 Å². The molecule has 0 aromatic heterocycles. The molecular weight excluding hydrogens is 192 g/mol. The molecule has 1 unspecified atom stereocenters. The van der Waals surface area contributed by atoms with E-state index >= 15 is 0 Å². The van der Waals surface area contributed by atoms with Gasteiger partial charge in [-0.1, -0.05) is 0 Å². The molecule has 1 atom stereocenters. The average Bonchev–Trinajstić information content (AvgIpc) is 2.19. The van der Waals surface area contributed by atoms with Gasteiger partial charge in [-0.15, -0.1) is 0 Å². The first-order chi connectivity index (χ1) is 7.22. The van der Waals surface area contributed by atoms with Crippen LogP contribution < -0.4 is 0 Å². The Morgan fingerprint density at radius 1 is 1.20 bits per heavy atom. The maximum atomic E-state index is 11.4. The van der Waals surface area contributed by atoms with E-state index in [1.54, 1.807) is 0 Å². The average molecular weight is 212 g/mol. The second-order valence-corrected chi connectivity index (χ2v) is 4.60. The Morgan fingerprint density at radius 3 is 2.33 bits per heavy atom. The Bertz CT molecular complexity index is 237. The highest BCUT2D eigenvalue weighted by Crippen LogP contribution is 2.27. The van der Waals surface area contributed by atoms with Crippen LogP contribution in [0.4, 0.5) is 0 Å². The van der Waals surface area contributed by atoms with Gasteiger partial charge < -0.3 is 9.64 Å². The zero-order chi connectivity index (χ0) is 10.8. The number of nitrogens with zero attached hydrogens (tertiary/aromatic N) is 2. The fourth-order valence-electron chi connectivity index (χ4n) is 2.56. The lowest BCUT2D eigenvalue weighted by Crippen LogP contribution is -2.59. The van der Waals surface area contributed by atoms with Crippen LogP contribution in [-0.2, 0) is 9.53 Å². The summed E-state index contributed by atoms with van der Waals surface area (Å²) in [6.45, 7) is 3.36. The monoisotopic (exact) mass is 212 g/mol. The zero-order valence-corrected chi connectivity index (χ0v) is 9.61. The summed E-state index contributed by atoms with van der Waals surface area (Å²) >= 11 is 0. The number of likely N-dealkylation sites (tertiary alicyclic amines) is 2. The Hall–Kier alpha value is -0.610. The molecule has 0 amide bonds. The first-order valence-corrected chi connectivity index (χ1v) is 5.74. The van der Waals surface area contributed by atoms with Gasteiger partial charge in [0.1, 0.15) is 6.04 Å². The van der Waals surface area contributed by atoms with Crippen molar-refractivity contribution in [2.24, 2.45) is 0 Å². The number of carbonyl (C=O) groups is 1. The molecule has 2 fully saturated rings. The van der Waals surface area contributed by atoms with Gasteiger partial charge in [-0.25, -0.2) is 0 Å². The van der Waals surface area contributed by atoms with Gasteiger partial charge in [0.25, 0.3) is 0 Å². The van der Waals surface area contributed by atoms with E-state index in [9.17, 15) is 4.79 Å². The quantitative estimate of drug-likeness (QED) is 0.617. The minimum atomic E-state index is -0.0554. The molecule has 0 N–H and O–H groups in total. The number of piperidine rings is 1. The van der Waals surface area contributed by atoms with Crippen LogP contribution in [0, 0.1) is 0 Å². The summed E-state index contributed by atoms with van der Waals surface area (Å²) in [7, 11) is 3.64. The normalized spacial score (nSPS) is 29.9. The van der Waals surface area contributed by atoms with Gasteiger partial charge in [-0.05, 0) is 39.4 Å². The van der Waals surface area contributed by atoms with Crippen molar-refractivity contribution in [2.45, 2.75) is 31.3 Å². The lowest BCUT2D eigenvalue weighted by molar-refractivity contribution is -0.154. The molecule has 86 valence electrons. The lowest BCUT2D eigenvalue weighted by Gasteiger charge is -2.46. The first-order valence-electron chi connectivity index (χ1n) is 5.74. The Labute approximate surface area is 91.2 Å². The van der Waals surface area contributed by atoms with Crippen molar-refractivity contribution in [3.63, 3.8) is 0 Å². The molecular formula is C11H20N2O2. The summed E-state index contributed by atoms with van der Waals surface area (Å²) in [6.07, 6.45) is 3.34. The van der Waals surface area contributed by atoms with Gasteiger partial charge >= 0.3 is 5.97 Å². The van der Waals surface area contributed by atoms with Gasteiger partial charge in [0.05, 0.1) is 7.11 Å². The summed E-state index contributed by atoms with van der Waals surface area (Å²) in [5.74, 6) is -0.0554. The number of carbonyl (C=O) groups excluding carboxylic acids is 1. The number of esters is 1. The summed E-state index contributed by atoms with van der Waals surface area (Å²) in [5.41, 5.74) is 0. The van der Waals surface area contributed by atoms with Crippen LogP contribution in [0.3, 0.4) is 0 Å². The molecule has 0 spiro atoms. The van der Waals surface area contributed by atoms with Crippen LogP contribution in [0.25, 0.3) is 0 Å². The zero-order valence-electron chi connectivity index (χ0n) is 9.61. The highest BCUT2D eigenvalue weighted by molar-refractivity contribution is 5.76. The fourth-order valence-corrected chi connectivity index (χ4v) is 2.56. The summed E-state index contributed by atoms with van der Waals surface area (Å²) < 4.78 is 4.81. The largest absolute Gasteiger partial charge is 0.468 e. The number of hydrogen-bond acceptors (Lipinski definition) is 4. The molecule has 0 aliphatic carbocycles. The van der Waals surface area contributed by atoms with Crippen molar-refractivity contribution in [1.82, 2.24) is 9.80 Å². The van der Waals surface area contributed by atoms with Gasteiger partial charge in [0.2, 0.25) is 0 Å². The van der Waals surface area contributed by atoms with Gasteiger partial charge in [0.15, 0.2) is 0 Å². The molecule has 2 saturated heterocycles. The third kappa shape index (κ3) is 2.16. The predicted molar refractivity (Wildman–Crippen MR) is 57.6 cm³/mol. The van der Waals surface area contributed by atoms with Crippen LogP contribution in [0.2, 0.25) is 0 Å². The molecule has 0 aromatic rings. The minimum Gasteiger partial charge on any atom is -0.468 e. The van der Waals surface area contributed by atoms with Crippen molar-refractivity contribution in [3.8, 4) is 0 Å². The van der Waals surface area contributed by atoms with E-state index in [4.69, 9.17) is 4.74 Å². The van der Waals surface area contributed by atoms with E-state index < -0.39 is 0 Å². The van der Waals surface area contributed by atoms with Gasteiger partial charge in [-0.3, -0.25) is 9.69 Å². The second kappa shape index (κ2) is 4.49. The SMILES string of the molecule is COC(=O)C1CCN1C1CCN(C)CC1. The Balaban J connectivity index is 1.86. The topological polar surface area (TPSA) is 32.8 Å². The number of rotatable bonds is 2. The van der Waals surface area contributed by atoms with E-state index in [1.807, 2.05) is 0 Å². The van der Waals surface area contributed by atoms with Crippen molar-refractivity contribution < 1.29 is 9.53 Å². The van der Waals surface area contributed by atoms with Crippen LogP contribution in [-0.4, -0.2) is 61.6 Å². The smallest absolute Gasteiger partial charge is 0.323 e. The predicted octanol–water partition coefficient (Wildman–Crippen LogP) is 0.328. The standard InChI is InChI=1S/C11H20N2O2/c1-12-6-3-9(4-7-12)13-8-5-10(13)11(14)15-2/h9-10H,3-8H2,1-2H3. The molecule has 2 aliphatic rings. The Kier molecular flexibility index (Phi) is 3.26. The minimum absolute atomic E-state index is 0.0448. The maximum absolute atomic E-state index is 11.4. The van der Waals surface area contributed by atoms with Gasteiger partial charge in [-0.2, -0.15) is 0 Å². The van der Waals surface area contributed by atoms with Crippen LogP contribution in [0.15, 0.2) is 0 Å². The van der Waals surface area contributed by atoms with Crippen molar-refractivity contribution in [2.75, 3.05) is 33.8 Å². The first kappa shape index (κ1) is 10.9. The maximum Gasteiger partial charge on any atom is 0.323 e.